The van der Waals surface area contributed by atoms with Gasteiger partial charge in [-0.2, -0.15) is 0 Å². The van der Waals surface area contributed by atoms with E-state index in [1.165, 1.54) is 4.88 Å². The van der Waals surface area contributed by atoms with Crippen LogP contribution >= 0.6 is 38.9 Å². The van der Waals surface area contributed by atoms with Crippen LogP contribution in [-0.2, 0) is 0 Å². The first-order valence-electron chi connectivity index (χ1n) is 5.96. The molecular weight excluding hydrogens is 344 g/mol. The van der Waals surface area contributed by atoms with Crippen LogP contribution in [0.5, 0.6) is 0 Å². The molecule has 1 unspecified atom stereocenters. The van der Waals surface area contributed by atoms with E-state index in [1.54, 1.807) is 11.3 Å². The maximum absolute atomic E-state index is 6.28. The van der Waals surface area contributed by atoms with Crippen LogP contribution in [0.3, 0.4) is 0 Å². The number of thiophene rings is 1. The monoisotopic (exact) mass is 358 g/mol. The Balaban J connectivity index is 2.29. The third-order valence-corrected chi connectivity index (χ3v) is 5.20. The van der Waals surface area contributed by atoms with Gasteiger partial charge in [-0.1, -0.05) is 17.7 Å². The average Bonchev–Trinajstić information content (AvgIpc) is 2.75. The Hall–Kier alpha value is -0.710. The van der Waals surface area contributed by atoms with E-state index in [0.717, 1.165) is 20.9 Å². The molecule has 1 heterocycles. The lowest BCUT2D eigenvalue weighted by Gasteiger charge is -2.22. The van der Waals surface area contributed by atoms with Crippen molar-refractivity contribution in [2.75, 3.05) is 24.3 Å². The van der Waals surface area contributed by atoms with Gasteiger partial charge in [0.2, 0.25) is 0 Å². The zero-order valence-corrected chi connectivity index (χ0v) is 14.2. The highest BCUT2D eigenvalue weighted by molar-refractivity contribution is 9.10. The summed E-state index contributed by atoms with van der Waals surface area (Å²) in [6.45, 7) is 2.15. The molecule has 1 aromatic heterocycles. The zero-order valence-electron chi connectivity index (χ0n) is 11.1. The summed E-state index contributed by atoms with van der Waals surface area (Å²) in [5, 5.41) is 6.37. The van der Waals surface area contributed by atoms with Gasteiger partial charge in [0.1, 0.15) is 0 Å². The van der Waals surface area contributed by atoms with Crippen molar-refractivity contribution in [3.8, 4) is 0 Å². The van der Waals surface area contributed by atoms with Gasteiger partial charge in [0.05, 0.1) is 22.4 Å². The Morgan fingerprint density at radius 2 is 2.05 bits per heavy atom. The van der Waals surface area contributed by atoms with Crippen LogP contribution in [0.4, 0.5) is 11.4 Å². The Morgan fingerprint density at radius 3 is 2.63 bits per heavy atom. The summed E-state index contributed by atoms with van der Waals surface area (Å²) in [5.41, 5.74) is 2.06. The zero-order chi connectivity index (χ0) is 14.0. The second kappa shape index (κ2) is 6.16. The van der Waals surface area contributed by atoms with Crippen molar-refractivity contribution < 1.29 is 0 Å². The van der Waals surface area contributed by atoms with Gasteiger partial charge >= 0.3 is 0 Å². The van der Waals surface area contributed by atoms with E-state index in [-0.39, 0.29) is 6.04 Å². The molecule has 0 bridgehead atoms. The molecule has 0 aliphatic carbocycles. The fourth-order valence-electron chi connectivity index (χ4n) is 2.00. The minimum atomic E-state index is 0.228. The fourth-order valence-corrected chi connectivity index (χ4v) is 4.07. The molecule has 0 spiro atoms. The molecule has 0 saturated heterocycles. The van der Waals surface area contributed by atoms with E-state index in [1.807, 2.05) is 31.1 Å². The van der Waals surface area contributed by atoms with Crippen molar-refractivity contribution in [1.82, 2.24) is 0 Å². The molecule has 5 heteroatoms. The highest BCUT2D eigenvalue weighted by Crippen LogP contribution is 2.36. The second-order valence-electron chi connectivity index (χ2n) is 4.53. The maximum atomic E-state index is 6.28. The van der Waals surface area contributed by atoms with Gasteiger partial charge in [0.15, 0.2) is 0 Å². The van der Waals surface area contributed by atoms with Gasteiger partial charge in [0, 0.05) is 23.4 Å². The van der Waals surface area contributed by atoms with Crippen molar-refractivity contribution in [2.45, 2.75) is 13.0 Å². The highest BCUT2D eigenvalue weighted by atomic mass is 79.9. The number of benzene rings is 1. The quantitative estimate of drug-likeness (QED) is 0.786. The number of hydrogen-bond donors (Lipinski definition) is 1. The molecule has 0 saturated carbocycles. The molecule has 0 amide bonds. The van der Waals surface area contributed by atoms with Crippen molar-refractivity contribution in [3.63, 3.8) is 0 Å². The Bertz CT molecular complexity index is 568. The van der Waals surface area contributed by atoms with E-state index >= 15 is 0 Å². The molecule has 2 nitrogen and oxygen atoms in total. The van der Waals surface area contributed by atoms with Crippen molar-refractivity contribution in [3.05, 3.63) is 44.0 Å². The first-order chi connectivity index (χ1) is 9.00. The van der Waals surface area contributed by atoms with Crippen LogP contribution in [-0.4, -0.2) is 14.1 Å². The van der Waals surface area contributed by atoms with E-state index in [2.05, 4.69) is 45.7 Å². The van der Waals surface area contributed by atoms with Gasteiger partial charge in [0.25, 0.3) is 0 Å². The van der Waals surface area contributed by atoms with E-state index < -0.39 is 0 Å². The predicted octanol–water partition coefficient (Wildman–Crippen LogP) is 5.40. The number of para-hydroxylation sites is 1. The van der Waals surface area contributed by atoms with Crippen molar-refractivity contribution >= 4 is 50.2 Å². The summed E-state index contributed by atoms with van der Waals surface area (Å²) < 4.78 is 1.14. The van der Waals surface area contributed by atoms with Crippen LogP contribution < -0.4 is 10.2 Å². The second-order valence-corrected chi connectivity index (χ2v) is 6.74. The van der Waals surface area contributed by atoms with Gasteiger partial charge in [-0.05, 0) is 46.4 Å². The standard InChI is InChI=1S/C14H16BrClN2S/c1-9(14-10(15)7-8-19-14)17-12-6-4-5-11(16)13(12)18(2)3/h4-9,17H,1-3H3. The molecule has 19 heavy (non-hydrogen) atoms. The van der Waals surface area contributed by atoms with Gasteiger partial charge in [-0.3, -0.25) is 0 Å². The van der Waals surface area contributed by atoms with E-state index in [0.29, 0.717) is 0 Å². The summed E-state index contributed by atoms with van der Waals surface area (Å²) in [4.78, 5) is 3.31. The topological polar surface area (TPSA) is 15.3 Å². The number of nitrogens with zero attached hydrogens (tertiary/aromatic N) is 1. The summed E-state index contributed by atoms with van der Waals surface area (Å²) in [6, 6.07) is 8.23. The Kier molecular flexibility index (Phi) is 4.76. The number of anilines is 2. The lowest BCUT2D eigenvalue weighted by Crippen LogP contribution is -2.14. The summed E-state index contributed by atoms with van der Waals surface area (Å²) in [6.07, 6.45) is 0. The van der Waals surface area contributed by atoms with Crippen LogP contribution in [0.1, 0.15) is 17.8 Å². The van der Waals surface area contributed by atoms with E-state index in [9.17, 15) is 0 Å². The van der Waals surface area contributed by atoms with Gasteiger partial charge in [-0.25, -0.2) is 0 Å². The van der Waals surface area contributed by atoms with Crippen molar-refractivity contribution in [2.24, 2.45) is 0 Å². The summed E-state index contributed by atoms with van der Waals surface area (Å²) >= 11 is 11.6. The molecule has 1 N–H and O–H groups in total. The fraction of sp³-hybridized carbons (Fsp3) is 0.286. The molecule has 0 radical (unpaired) electrons. The summed E-state index contributed by atoms with van der Waals surface area (Å²) in [7, 11) is 4.00. The number of rotatable bonds is 4. The Morgan fingerprint density at radius 1 is 1.32 bits per heavy atom. The molecule has 1 atom stereocenters. The predicted molar refractivity (Wildman–Crippen MR) is 89.8 cm³/mol. The smallest absolute Gasteiger partial charge is 0.0786 e. The third-order valence-electron chi connectivity index (χ3n) is 2.84. The maximum Gasteiger partial charge on any atom is 0.0786 e. The lowest BCUT2D eigenvalue weighted by atomic mass is 10.2. The molecular formula is C14H16BrClN2S. The van der Waals surface area contributed by atoms with Gasteiger partial charge < -0.3 is 10.2 Å². The average molecular weight is 360 g/mol. The lowest BCUT2D eigenvalue weighted by molar-refractivity contribution is 0.901. The molecule has 0 aliphatic rings. The first-order valence-corrected chi connectivity index (χ1v) is 8.01. The molecule has 0 fully saturated rings. The SMILES string of the molecule is CC(Nc1cccc(Cl)c1N(C)C)c1sccc1Br. The van der Waals surface area contributed by atoms with E-state index in [4.69, 9.17) is 11.6 Å². The first kappa shape index (κ1) is 14.7. The van der Waals surface area contributed by atoms with Crippen LogP contribution in [0, 0.1) is 0 Å². The number of halogens is 2. The minimum absolute atomic E-state index is 0.228. The number of hydrogen-bond acceptors (Lipinski definition) is 3. The largest absolute Gasteiger partial charge is 0.376 e. The normalized spacial score (nSPS) is 12.3. The third kappa shape index (κ3) is 3.25. The molecule has 2 aromatic rings. The Labute approximate surface area is 131 Å². The van der Waals surface area contributed by atoms with Crippen LogP contribution in [0.2, 0.25) is 5.02 Å². The van der Waals surface area contributed by atoms with Crippen LogP contribution in [0.25, 0.3) is 0 Å². The molecule has 2 rings (SSSR count). The van der Waals surface area contributed by atoms with Crippen LogP contribution in [0.15, 0.2) is 34.1 Å². The van der Waals surface area contributed by atoms with Crippen molar-refractivity contribution in [1.29, 1.82) is 0 Å². The molecule has 102 valence electrons. The minimum Gasteiger partial charge on any atom is -0.376 e. The molecule has 0 aliphatic heterocycles. The van der Waals surface area contributed by atoms with Gasteiger partial charge in [-0.15, -0.1) is 11.3 Å². The highest BCUT2D eigenvalue weighted by Gasteiger charge is 2.14. The molecule has 1 aromatic carbocycles. The number of nitrogens with one attached hydrogen (secondary N) is 1. The summed E-state index contributed by atoms with van der Waals surface area (Å²) in [5.74, 6) is 0.